The minimum atomic E-state index is -0.874. The number of amides is 2. The predicted octanol–water partition coefficient (Wildman–Crippen LogP) is 2.83. The van der Waals surface area contributed by atoms with E-state index in [1.54, 1.807) is 15.5 Å². The number of carbonyl (C=O) groups excluding carboxylic acids is 2. The third kappa shape index (κ3) is 3.49. The van der Waals surface area contributed by atoms with Crippen LogP contribution >= 0.6 is 11.6 Å². The highest BCUT2D eigenvalue weighted by molar-refractivity contribution is 6.30. The Labute approximate surface area is 200 Å². The van der Waals surface area contributed by atoms with Crippen molar-refractivity contribution in [2.45, 2.75) is 44.8 Å². The van der Waals surface area contributed by atoms with Crippen molar-refractivity contribution in [3.63, 3.8) is 0 Å². The number of likely N-dealkylation sites (N-methyl/N-ethyl adjacent to an activating group) is 1. The zero-order valence-corrected chi connectivity index (χ0v) is 19.6. The van der Waals surface area contributed by atoms with Crippen LogP contribution in [0.1, 0.15) is 70.4 Å². The maximum Gasteiger partial charge on any atom is 0.274 e. The molecule has 0 radical (unpaired) electrons. The molecule has 2 amide bonds. The molecule has 5 rings (SSSR count). The van der Waals surface area contributed by atoms with E-state index in [0.717, 1.165) is 25.9 Å². The molecule has 2 atom stereocenters. The molecule has 10 heteroatoms. The van der Waals surface area contributed by atoms with Gasteiger partial charge in [-0.1, -0.05) is 23.7 Å². The molecule has 4 heterocycles. The van der Waals surface area contributed by atoms with Crippen LogP contribution in [-0.4, -0.2) is 57.5 Å². The Balaban J connectivity index is 1.60. The quantitative estimate of drug-likeness (QED) is 0.675. The van der Waals surface area contributed by atoms with Gasteiger partial charge >= 0.3 is 0 Å². The van der Waals surface area contributed by atoms with Crippen LogP contribution in [0.4, 0.5) is 4.39 Å². The first kappa shape index (κ1) is 22.9. The van der Waals surface area contributed by atoms with E-state index in [2.05, 4.69) is 10.2 Å². The van der Waals surface area contributed by atoms with Gasteiger partial charge in [0.15, 0.2) is 11.4 Å². The lowest BCUT2D eigenvalue weighted by atomic mass is 10.0. The van der Waals surface area contributed by atoms with Crippen molar-refractivity contribution in [1.82, 2.24) is 19.7 Å². The summed E-state index contributed by atoms with van der Waals surface area (Å²) in [4.78, 5) is 43.6. The van der Waals surface area contributed by atoms with Crippen LogP contribution in [0.5, 0.6) is 5.75 Å². The molecule has 0 spiro atoms. The van der Waals surface area contributed by atoms with Crippen LogP contribution < -0.4 is 10.7 Å². The van der Waals surface area contributed by atoms with E-state index in [1.165, 1.54) is 12.1 Å². The van der Waals surface area contributed by atoms with Gasteiger partial charge in [-0.2, -0.15) is 0 Å². The van der Waals surface area contributed by atoms with E-state index in [9.17, 15) is 23.9 Å². The van der Waals surface area contributed by atoms with Gasteiger partial charge in [0.05, 0.1) is 22.8 Å². The third-order valence-electron chi connectivity index (χ3n) is 7.18. The Morgan fingerprint density at radius 3 is 2.71 bits per heavy atom. The summed E-state index contributed by atoms with van der Waals surface area (Å²) < 4.78 is 16.0. The minimum Gasteiger partial charge on any atom is -0.503 e. The van der Waals surface area contributed by atoms with Gasteiger partial charge in [0, 0.05) is 25.2 Å². The van der Waals surface area contributed by atoms with E-state index in [4.69, 9.17) is 11.6 Å². The van der Waals surface area contributed by atoms with Crippen molar-refractivity contribution in [2.75, 3.05) is 26.2 Å². The standard InChI is InChI=1S/C24H26ClFN4O4/c1-2-28-12-14-10-16(29-8-3-4-9-29)19-17(21(31)22(32)20(24(28)34)30(14)19)23(33)27-11-13-6-5-7-15(25)18(13)26/h5-7,14,16,32H,2-4,8-12H2,1H3,(H,27,33)/t14-,16+/m0/s1. The molecule has 180 valence electrons. The highest BCUT2D eigenvalue weighted by Crippen LogP contribution is 2.45. The lowest BCUT2D eigenvalue weighted by Gasteiger charge is -2.33. The Kier molecular flexibility index (Phi) is 5.85. The lowest BCUT2D eigenvalue weighted by Crippen LogP contribution is -2.44. The first-order valence-corrected chi connectivity index (χ1v) is 12.0. The van der Waals surface area contributed by atoms with Gasteiger partial charge in [-0.15, -0.1) is 0 Å². The van der Waals surface area contributed by atoms with Crippen molar-refractivity contribution in [2.24, 2.45) is 0 Å². The first-order chi connectivity index (χ1) is 16.3. The molecular formula is C24H26ClFN4O4. The number of likely N-dealkylation sites (tertiary alicyclic amines) is 1. The molecule has 2 N–H and O–H groups in total. The maximum absolute atomic E-state index is 14.3. The van der Waals surface area contributed by atoms with E-state index in [1.807, 2.05) is 6.92 Å². The maximum atomic E-state index is 14.3. The molecule has 1 aromatic heterocycles. The van der Waals surface area contributed by atoms with Crippen molar-refractivity contribution >= 4 is 23.4 Å². The first-order valence-electron chi connectivity index (χ1n) is 11.6. The van der Waals surface area contributed by atoms with Gasteiger partial charge in [0.1, 0.15) is 11.4 Å². The van der Waals surface area contributed by atoms with Crippen LogP contribution in [0.3, 0.4) is 0 Å². The van der Waals surface area contributed by atoms with Crippen molar-refractivity contribution in [1.29, 1.82) is 0 Å². The SMILES string of the molecule is CCN1C[C@@H]2C[C@@H](N3CCCC3)c3c(C(=O)NCc4cccc(Cl)c4F)c(=O)c(O)c(n32)C1=O. The summed E-state index contributed by atoms with van der Waals surface area (Å²) in [5, 5.41) is 13.3. The number of hydrogen-bond donors (Lipinski definition) is 2. The highest BCUT2D eigenvalue weighted by Gasteiger charge is 2.46. The normalized spacial score (nSPS) is 21.7. The Hall–Kier alpha value is -2.91. The van der Waals surface area contributed by atoms with Crippen LogP contribution in [0.25, 0.3) is 0 Å². The van der Waals surface area contributed by atoms with Gasteiger partial charge in [0.2, 0.25) is 5.43 Å². The molecule has 3 aliphatic heterocycles. The summed E-state index contributed by atoms with van der Waals surface area (Å²) >= 11 is 5.84. The third-order valence-corrected chi connectivity index (χ3v) is 7.47. The molecule has 0 unspecified atom stereocenters. The summed E-state index contributed by atoms with van der Waals surface area (Å²) in [6, 6.07) is 4.13. The number of carbonyl (C=O) groups is 2. The molecule has 1 saturated heterocycles. The Morgan fingerprint density at radius 2 is 2.00 bits per heavy atom. The average molecular weight is 489 g/mol. The smallest absolute Gasteiger partial charge is 0.274 e. The van der Waals surface area contributed by atoms with Crippen molar-refractivity contribution in [3.8, 4) is 5.75 Å². The fourth-order valence-electron chi connectivity index (χ4n) is 5.54. The average Bonchev–Trinajstić information content (AvgIpc) is 3.47. The molecule has 0 aliphatic carbocycles. The molecular weight excluding hydrogens is 463 g/mol. The fraction of sp³-hybridized carbons (Fsp3) is 0.458. The Bertz CT molecular complexity index is 1240. The second-order valence-corrected chi connectivity index (χ2v) is 9.45. The van der Waals surface area contributed by atoms with Crippen LogP contribution in [0.2, 0.25) is 5.02 Å². The van der Waals surface area contributed by atoms with Crippen molar-refractivity contribution < 1.29 is 19.1 Å². The molecule has 1 aromatic carbocycles. The number of benzene rings is 1. The second kappa shape index (κ2) is 8.70. The molecule has 0 bridgehead atoms. The topological polar surface area (TPSA) is 94.9 Å². The van der Waals surface area contributed by atoms with Crippen molar-refractivity contribution in [3.05, 3.63) is 61.8 Å². The number of rotatable bonds is 5. The number of halogens is 2. The van der Waals surface area contributed by atoms with Gasteiger partial charge in [-0.3, -0.25) is 19.3 Å². The number of nitrogens with zero attached hydrogens (tertiary/aromatic N) is 3. The summed E-state index contributed by atoms with van der Waals surface area (Å²) in [7, 11) is 0. The predicted molar refractivity (Wildman–Crippen MR) is 124 cm³/mol. The zero-order chi connectivity index (χ0) is 24.1. The van der Waals surface area contributed by atoms with Crippen LogP contribution in [-0.2, 0) is 6.54 Å². The fourth-order valence-corrected chi connectivity index (χ4v) is 5.74. The molecule has 1 fully saturated rings. The van der Waals surface area contributed by atoms with E-state index >= 15 is 0 Å². The summed E-state index contributed by atoms with van der Waals surface area (Å²) in [5.41, 5.74) is -0.445. The largest absolute Gasteiger partial charge is 0.503 e. The summed E-state index contributed by atoms with van der Waals surface area (Å²) in [6.45, 7) is 4.27. The van der Waals surface area contributed by atoms with Gasteiger partial charge in [0.25, 0.3) is 11.8 Å². The molecule has 34 heavy (non-hydrogen) atoms. The van der Waals surface area contributed by atoms with Crippen LogP contribution in [0, 0.1) is 5.82 Å². The number of aromatic hydroxyl groups is 1. The second-order valence-electron chi connectivity index (χ2n) is 9.04. The van der Waals surface area contributed by atoms with Crippen LogP contribution in [0.15, 0.2) is 23.0 Å². The Morgan fingerprint density at radius 1 is 1.26 bits per heavy atom. The number of nitrogens with one attached hydrogen (secondary N) is 1. The van der Waals surface area contributed by atoms with E-state index < -0.39 is 28.8 Å². The lowest BCUT2D eigenvalue weighted by molar-refractivity contribution is 0.0672. The number of hydrogen-bond acceptors (Lipinski definition) is 5. The van der Waals surface area contributed by atoms with Gasteiger partial charge < -0.3 is 19.9 Å². The molecule has 8 nitrogen and oxygen atoms in total. The summed E-state index contributed by atoms with van der Waals surface area (Å²) in [5.74, 6) is -2.47. The zero-order valence-electron chi connectivity index (χ0n) is 18.8. The number of pyridine rings is 1. The van der Waals surface area contributed by atoms with Gasteiger partial charge in [-0.25, -0.2) is 4.39 Å². The molecule has 0 saturated carbocycles. The highest BCUT2D eigenvalue weighted by atomic mass is 35.5. The molecule has 3 aliphatic rings. The monoisotopic (exact) mass is 488 g/mol. The number of aromatic nitrogens is 1. The van der Waals surface area contributed by atoms with Gasteiger partial charge in [-0.05, 0) is 45.3 Å². The van der Waals surface area contributed by atoms with E-state index in [0.29, 0.717) is 25.2 Å². The summed E-state index contributed by atoms with van der Waals surface area (Å²) in [6.07, 6.45) is 2.68. The van der Waals surface area contributed by atoms with E-state index in [-0.39, 0.29) is 40.5 Å². The minimum absolute atomic E-state index is 0.0442. The molecule has 2 aromatic rings.